The van der Waals surface area contributed by atoms with Crippen LogP contribution in [0.3, 0.4) is 0 Å². The summed E-state index contributed by atoms with van der Waals surface area (Å²) in [5.74, 6) is -0.605. The molecule has 18 heavy (non-hydrogen) atoms. The zero-order valence-electron chi connectivity index (χ0n) is 11.6. The van der Waals surface area contributed by atoms with Crippen LogP contribution in [-0.4, -0.2) is 38.2 Å². The molecular formula is C13H23FN2O2. The van der Waals surface area contributed by atoms with E-state index in [-0.39, 0.29) is 12.3 Å². The van der Waals surface area contributed by atoms with Gasteiger partial charge in [0, 0.05) is 5.70 Å². The molecule has 0 spiro atoms. The lowest BCUT2D eigenvalue weighted by molar-refractivity contribution is 0.155. The first-order valence-electron chi connectivity index (χ1n) is 5.63. The number of hydrogen-bond acceptors (Lipinski definition) is 3. The van der Waals surface area contributed by atoms with Crippen molar-refractivity contribution in [2.75, 3.05) is 27.2 Å². The summed E-state index contributed by atoms with van der Waals surface area (Å²) in [7, 11) is 4.11. The van der Waals surface area contributed by atoms with Crippen molar-refractivity contribution in [3.8, 4) is 0 Å². The van der Waals surface area contributed by atoms with Crippen LogP contribution in [0.15, 0.2) is 36.8 Å². The minimum absolute atomic E-state index is 0.247. The minimum Gasteiger partial charge on any atom is -0.450 e. The molecular weight excluding hydrogens is 235 g/mol. The fraction of sp³-hybridized carbons (Fsp3) is 0.462. The van der Waals surface area contributed by atoms with Gasteiger partial charge in [0.15, 0.2) is 0 Å². The van der Waals surface area contributed by atoms with E-state index >= 15 is 0 Å². The van der Waals surface area contributed by atoms with Gasteiger partial charge in [-0.15, -0.1) is 0 Å². The summed E-state index contributed by atoms with van der Waals surface area (Å²) in [6.45, 7) is 11.7. The lowest BCUT2D eigenvalue weighted by Gasteiger charge is -2.03. The number of ether oxygens (including phenoxy) is 1. The summed E-state index contributed by atoms with van der Waals surface area (Å²) >= 11 is 0. The number of carbonyl (C=O) groups excluding carboxylic acids is 1. The third kappa shape index (κ3) is 16.8. The van der Waals surface area contributed by atoms with Gasteiger partial charge < -0.3 is 9.64 Å². The molecule has 1 amide bonds. The third-order valence-electron chi connectivity index (χ3n) is 1.64. The number of hydrogen-bond donors (Lipinski definition) is 1. The summed E-state index contributed by atoms with van der Waals surface area (Å²) in [4.78, 5) is 12.9. The third-order valence-corrected chi connectivity index (χ3v) is 1.64. The van der Waals surface area contributed by atoms with E-state index in [4.69, 9.17) is 0 Å². The molecule has 1 N–H and O–H groups in total. The number of alkyl carbamates (subject to hydrolysis) is 1. The highest BCUT2D eigenvalue weighted by molar-refractivity contribution is 5.70. The van der Waals surface area contributed by atoms with E-state index in [1.807, 2.05) is 0 Å². The molecule has 0 aliphatic rings. The first-order valence-corrected chi connectivity index (χ1v) is 5.63. The SMILES string of the molecule is C=C(F)/C=C\C(=C)NC(=O)OCC.CCN(C)C. The van der Waals surface area contributed by atoms with E-state index in [2.05, 4.69) is 49.1 Å². The Bertz CT molecular complexity index is 299. The van der Waals surface area contributed by atoms with Crippen LogP contribution >= 0.6 is 0 Å². The van der Waals surface area contributed by atoms with Crippen LogP contribution < -0.4 is 5.32 Å². The molecule has 0 aliphatic carbocycles. The van der Waals surface area contributed by atoms with Crippen molar-refractivity contribution in [3.63, 3.8) is 0 Å². The van der Waals surface area contributed by atoms with Gasteiger partial charge in [0.1, 0.15) is 5.83 Å². The van der Waals surface area contributed by atoms with Crippen molar-refractivity contribution in [1.82, 2.24) is 10.2 Å². The molecule has 0 bridgehead atoms. The van der Waals surface area contributed by atoms with Crippen molar-refractivity contribution >= 4 is 6.09 Å². The first-order chi connectivity index (χ1) is 8.33. The molecule has 0 aromatic heterocycles. The molecule has 0 rings (SSSR count). The average Bonchev–Trinajstić information content (AvgIpc) is 2.27. The van der Waals surface area contributed by atoms with E-state index in [0.717, 1.165) is 12.6 Å². The number of halogens is 1. The van der Waals surface area contributed by atoms with E-state index in [0.29, 0.717) is 0 Å². The van der Waals surface area contributed by atoms with Gasteiger partial charge in [-0.25, -0.2) is 9.18 Å². The molecule has 0 aromatic carbocycles. The molecule has 104 valence electrons. The van der Waals surface area contributed by atoms with Gasteiger partial charge in [0.25, 0.3) is 0 Å². The largest absolute Gasteiger partial charge is 0.450 e. The van der Waals surface area contributed by atoms with Crippen molar-refractivity contribution < 1.29 is 13.9 Å². The predicted molar refractivity (Wildman–Crippen MR) is 72.9 cm³/mol. The van der Waals surface area contributed by atoms with Crippen molar-refractivity contribution in [1.29, 1.82) is 0 Å². The summed E-state index contributed by atoms with van der Waals surface area (Å²) in [6, 6.07) is 0. The number of amides is 1. The lowest BCUT2D eigenvalue weighted by atomic mass is 10.4. The topological polar surface area (TPSA) is 41.6 Å². The van der Waals surface area contributed by atoms with E-state index < -0.39 is 11.9 Å². The molecule has 4 nitrogen and oxygen atoms in total. The molecule has 0 radical (unpaired) electrons. The Balaban J connectivity index is 0. The van der Waals surface area contributed by atoms with Crippen LogP contribution in [0.1, 0.15) is 13.8 Å². The Morgan fingerprint density at radius 2 is 1.83 bits per heavy atom. The van der Waals surface area contributed by atoms with Crippen LogP contribution in [0.25, 0.3) is 0 Å². The fourth-order valence-electron chi connectivity index (χ4n) is 0.531. The fourth-order valence-corrected chi connectivity index (χ4v) is 0.531. The van der Waals surface area contributed by atoms with Crippen molar-refractivity contribution in [2.24, 2.45) is 0 Å². The highest BCUT2D eigenvalue weighted by Gasteiger charge is 1.98. The van der Waals surface area contributed by atoms with Gasteiger partial charge in [-0.2, -0.15) is 0 Å². The lowest BCUT2D eigenvalue weighted by Crippen LogP contribution is -2.22. The quantitative estimate of drug-likeness (QED) is 0.771. The van der Waals surface area contributed by atoms with Crippen molar-refractivity contribution in [3.05, 3.63) is 36.8 Å². The predicted octanol–water partition coefficient (Wildman–Crippen LogP) is 2.85. The zero-order valence-corrected chi connectivity index (χ0v) is 11.6. The van der Waals surface area contributed by atoms with Crippen LogP contribution in [0.2, 0.25) is 0 Å². The van der Waals surface area contributed by atoms with Crippen LogP contribution in [-0.2, 0) is 4.74 Å². The highest BCUT2D eigenvalue weighted by atomic mass is 19.1. The van der Waals surface area contributed by atoms with Gasteiger partial charge in [-0.1, -0.05) is 20.1 Å². The molecule has 0 unspecified atom stereocenters. The average molecular weight is 258 g/mol. The molecule has 0 aliphatic heterocycles. The number of allylic oxidation sites excluding steroid dienone is 3. The van der Waals surface area contributed by atoms with Crippen LogP contribution in [0, 0.1) is 0 Å². The number of nitrogens with one attached hydrogen (secondary N) is 1. The van der Waals surface area contributed by atoms with Gasteiger partial charge in [0.05, 0.1) is 6.61 Å². The molecule has 0 saturated carbocycles. The van der Waals surface area contributed by atoms with Gasteiger partial charge in [-0.3, -0.25) is 5.32 Å². The van der Waals surface area contributed by atoms with E-state index in [9.17, 15) is 9.18 Å². The molecule has 0 atom stereocenters. The Morgan fingerprint density at radius 3 is 2.17 bits per heavy atom. The first kappa shape index (κ1) is 18.7. The maximum absolute atomic E-state index is 12.1. The summed E-state index contributed by atoms with van der Waals surface area (Å²) < 4.78 is 16.6. The molecule has 5 heteroatoms. The molecule has 0 aromatic rings. The van der Waals surface area contributed by atoms with Gasteiger partial charge in [0.2, 0.25) is 0 Å². The Hall–Kier alpha value is -1.62. The maximum atomic E-state index is 12.1. The number of nitrogens with zero attached hydrogens (tertiary/aromatic N) is 1. The molecule has 0 saturated heterocycles. The van der Waals surface area contributed by atoms with E-state index in [1.54, 1.807) is 6.92 Å². The maximum Gasteiger partial charge on any atom is 0.411 e. The summed E-state index contributed by atoms with van der Waals surface area (Å²) in [6.07, 6.45) is 1.77. The summed E-state index contributed by atoms with van der Waals surface area (Å²) in [5, 5.41) is 2.29. The van der Waals surface area contributed by atoms with Crippen molar-refractivity contribution in [2.45, 2.75) is 13.8 Å². The Morgan fingerprint density at radius 1 is 1.33 bits per heavy atom. The second-order valence-electron chi connectivity index (χ2n) is 3.55. The van der Waals surface area contributed by atoms with Crippen LogP contribution in [0.4, 0.5) is 9.18 Å². The van der Waals surface area contributed by atoms with Crippen LogP contribution in [0.5, 0.6) is 0 Å². The molecule has 0 heterocycles. The van der Waals surface area contributed by atoms with E-state index in [1.165, 1.54) is 6.08 Å². The van der Waals surface area contributed by atoms with Gasteiger partial charge >= 0.3 is 6.09 Å². The zero-order chi connectivity index (χ0) is 14.6. The normalized spacial score (nSPS) is 9.67. The Labute approximate surface area is 109 Å². The summed E-state index contributed by atoms with van der Waals surface area (Å²) in [5.41, 5.74) is 0.247. The Kier molecular flexibility index (Phi) is 12.3. The number of carbonyl (C=O) groups is 1. The van der Waals surface area contributed by atoms with Gasteiger partial charge in [-0.05, 0) is 39.7 Å². The second-order valence-corrected chi connectivity index (χ2v) is 3.55. The smallest absolute Gasteiger partial charge is 0.411 e. The standard InChI is InChI=1S/C9H12FNO2.C4H11N/c1-4-13-9(12)11-8(3)6-5-7(2)10;1-4-5(2)3/h5-6H,2-4H2,1H3,(H,11,12);4H2,1-3H3/b6-5-;. The monoisotopic (exact) mass is 258 g/mol. The molecule has 0 fully saturated rings. The minimum atomic E-state index is -0.610. The number of rotatable bonds is 5. The second kappa shape index (κ2) is 11.9. The highest BCUT2D eigenvalue weighted by Crippen LogP contribution is 1.96.